The van der Waals surface area contributed by atoms with Crippen LogP contribution in [-0.4, -0.2) is 29.4 Å². The molecule has 88 valence electrons. The number of aliphatic imine (C=N–C) groups is 1. The van der Waals surface area contributed by atoms with Crippen LogP contribution in [-0.2, 0) is 0 Å². The van der Waals surface area contributed by atoms with Crippen LogP contribution >= 0.6 is 11.8 Å². The number of piperidine rings is 1. The normalized spacial score (nSPS) is 24.8. The molecule has 0 atom stereocenters. The number of hydrogen-bond acceptors (Lipinski definition) is 3. The predicted molar refractivity (Wildman–Crippen MR) is 68.3 cm³/mol. The van der Waals surface area contributed by atoms with Crippen molar-refractivity contribution in [2.45, 2.75) is 38.5 Å². The van der Waals surface area contributed by atoms with E-state index in [-0.39, 0.29) is 0 Å². The number of rotatable bonds is 0. The van der Waals surface area contributed by atoms with Gasteiger partial charge in [-0.2, -0.15) is 5.26 Å². The highest BCUT2D eigenvalue weighted by Crippen LogP contribution is 2.46. The monoisotopic (exact) mass is 237 g/mol. The molecule has 1 saturated heterocycles. The van der Waals surface area contributed by atoms with Gasteiger partial charge in [0.1, 0.15) is 0 Å². The molecule has 16 heavy (non-hydrogen) atoms. The second-order valence-corrected chi connectivity index (χ2v) is 5.67. The van der Waals surface area contributed by atoms with Gasteiger partial charge in [-0.25, -0.2) is 0 Å². The quantitative estimate of drug-likeness (QED) is 0.369. The molecule has 0 aromatic heterocycles. The van der Waals surface area contributed by atoms with Crippen LogP contribution in [0.15, 0.2) is 4.99 Å². The minimum Gasteiger partial charge on any atom is -0.351 e. The Bertz CT molecular complexity index is 303. The topological polar surface area (TPSA) is 39.4 Å². The van der Waals surface area contributed by atoms with Gasteiger partial charge in [-0.05, 0) is 37.4 Å². The molecule has 1 aliphatic carbocycles. The van der Waals surface area contributed by atoms with E-state index in [9.17, 15) is 0 Å². The highest BCUT2D eigenvalue weighted by molar-refractivity contribution is 8.13. The zero-order valence-corrected chi connectivity index (χ0v) is 10.7. The Balaban J connectivity index is 1.94. The average molecular weight is 237 g/mol. The van der Waals surface area contributed by atoms with Gasteiger partial charge in [0, 0.05) is 13.1 Å². The van der Waals surface area contributed by atoms with E-state index < -0.39 is 0 Å². The standard InChI is InChI=1S/C12H19N3S/c1-16-11(14-10-13)15-8-6-12(7-9-15)4-2-3-5-12/h2-9H2,1H3. The molecule has 1 heterocycles. The lowest BCUT2D eigenvalue weighted by Crippen LogP contribution is -2.41. The third-order valence-corrected chi connectivity index (χ3v) is 4.80. The first-order chi connectivity index (χ1) is 7.79. The maximum absolute atomic E-state index is 8.63. The predicted octanol–water partition coefficient (Wildman–Crippen LogP) is 2.84. The van der Waals surface area contributed by atoms with Crippen molar-refractivity contribution < 1.29 is 0 Å². The highest BCUT2D eigenvalue weighted by atomic mass is 32.2. The molecule has 1 saturated carbocycles. The van der Waals surface area contributed by atoms with Crippen LogP contribution in [0.2, 0.25) is 0 Å². The van der Waals surface area contributed by atoms with Crippen LogP contribution in [0, 0.1) is 16.9 Å². The Morgan fingerprint density at radius 2 is 1.88 bits per heavy atom. The third-order valence-electron chi connectivity index (χ3n) is 4.09. The van der Waals surface area contributed by atoms with Crippen LogP contribution in [0.4, 0.5) is 0 Å². The van der Waals surface area contributed by atoms with Crippen molar-refractivity contribution in [3.05, 3.63) is 0 Å². The molecule has 0 aromatic carbocycles. The molecule has 3 nitrogen and oxygen atoms in total. The molecule has 0 bridgehead atoms. The number of nitrogens with zero attached hydrogens (tertiary/aromatic N) is 3. The summed E-state index contributed by atoms with van der Waals surface area (Å²) in [5.41, 5.74) is 0.645. The summed E-state index contributed by atoms with van der Waals surface area (Å²) >= 11 is 1.59. The van der Waals surface area contributed by atoms with E-state index in [1.54, 1.807) is 11.8 Å². The molecule has 0 aromatic rings. The first-order valence-electron chi connectivity index (χ1n) is 6.05. The van der Waals surface area contributed by atoms with E-state index in [1.807, 2.05) is 12.4 Å². The fourth-order valence-electron chi connectivity index (χ4n) is 3.09. The van der Waals surface area contributed by atoms with E-state index in [4.69, 9.17) is 5.26 Å². The summed E-state index contributed by atoms with van der Waals surface area (Å²) in [5.74, 6) is 0. The van der Waals surface area contributed by atoms with Gasteiger partial charge < -0.3 is 4.90 Å². The summed E-state index contributed by atoms with van der Waals surface area (Å²) < 4.78 is 0. The molecular weight excluding hydrogens is 218 g/mol. The van der Waals surface area contributed by atoms with Crippen LogP contribution in [0.5, 0.6) is 0 Å². The average Bonchev–Trinajstić information content (AvgIpc) is 2.76. The number of likely N-dealkylation sites (tertiary alicyclic amines) is 1. The molecule has 0 N–H and O–H groups in total. The van der Waals surface area contributed by atoms with Crippen molar-refractivity contribution in [3.8, 4) is 6.19 Å². The molecule has 0 unspecified atom stereocenters. The summed E-state index contributed by atoms with van der Waals surface area (Å²) in [4.78, 5) is 6.17. The Kier molecular flexibility index (Phi) is 3.75. The van der Waals surface area contributed by atoms with Crippen LogP contribution < -0.4 is 0 Å². The second-order valence-electron chi connectivity index (χ2n) is 4.89. The van der Waals surface area contributed by atoms with Gasteiger partial charge in [-0.3, -0.25) is 0 Å². The van der Waals surface area contributed by atoms with Crippen molar-refractivity contribution in [1.82, 2.24) is 4.90 Å². The zero-order chi connectivity index (χ0) is 11.4. The fraction of sp³-hybridized carbons (Fsp3) is 0.833. The minimum absolute atomic E-state index is 0.645. The van der Waals surface area contributed by atoms with Crippen LogP contribution in [0.1, 0.15) is 38.5 Å². The van der Waals surface area contributed by atoms with Gasteiger partial charge >= 0.3 is 0 Å². The number of hydrogen-bond donors (Lipinski definition) is 0. The number of nitriles is 1. The Hall–Kier alpha value is -0.690. The Morgan fingerprint density at radius 3 is 2.38 bits per heavy atom. The van der Waals surface area contributed by atoms with Gasteiger partial charge in [-0.15, -0.1) is 4.99 Å². The van der Waals surface area contributed by atoms with Crippen molar-refractivity contribution in [3.63, 3.8) is 0 Å². The van der Waals surface area contributed by atoms with Gasteiger partial charge in [0.2, 0.25) is 6.19 Å². The van der Waals surface area contributed by atoms with Gasteiger partial charge in [-0.1, -0.05) is 24.6 Å². The molecule has 2 aliphatic rings. The van der Waals surface area contributed by atoms with E-state index in [1.165, 1.54) is 38.5 Å². The van der Waals surface area contributed by atoms with Crippen molar-refractivity contribution >= 4 is 16.9 Å². The number of amidine groups is 1. The molecule has 1 aliphatic heterocycles. The minimum atomic E-state index is 0.645. The summed E-state index contributed by atoms with van der Waals surface area (Å²) in [6.45, 7) is 2.17. The smallest absolute Gasteiger partial charge is 0.208 e. The summed E-state index contributed by atoms with van der Waals surface area (Å²) in [5, 5.41) is 9.52. The van der Waals surface area contributed by atoms with E-state index in [0.29, 0.717) is 5.41 Å². The van der Waals surface area contributed by atoms with E-state index >= 15 is 0 Å². The first kappa shape index (κ1) is 11.8. The summed E-state index contributed by atoms with van der Waals surface area (Å²) in [6.07, 6.45) is 12.2. The molecule has 0 radical (unpaired) electrons. The molecule has 0 amide bonds. The Morgan fingerprint density at radius 1 is 1.25 bits per heavy atom. The lowest BCUT2D eigenvalue weighted by Gasteiger charge is -2.40. The largest absolute Gasteiger partial charge is 0.351 e. The lowest BCUT2D eigenvalue weighted by molar-refractivity contribution is 0.156. The van der Waals surface area contributed by atoms with Gasteiger partial charge in [0.15, 0.2) is 5.17 Å². The molecule has 2 fully saturated rings. The maximum Gasteiger partial charge on any atom is 0.208 e. The Labute approximate surface area is 102 Å². The van der Waals surface area contributed by atoms with Crippen molar-refractivity contribution in [2.24, 2.45) is 10.4 Å². The SMILES string of the molecule is CSC(=NC#N)N1CCC2(CCCC2)CC1. The van der Waals surface area contributed by atoms with Gasteiger partial charge in [0.05, 0.1) is 0 Å². The first-order valence-corrected chi connectivity index (χ1v) is 7.28. The summed E-state index contributed by atoms with van der Waals surface area (Å²) in [6, 6.07) is 0. The van der Waals surface area contributed by atoms with Crippen molar-refractivity contribution in [2.75, 3.05) is 19.3 Å². The third kappa shape index (κ3) is 2.35. The molecule has 1 spiro atoms. The van der Waals surface area contributed by atoms with E-state index in [0.717, 1.165) is 18.3 Å². The number of thioether (sulfide) groups is 1. The maximum atomic E-state index is 8.63. The van der Waals surface area contributed by atoms with Gasteiger partial charge in [0.25, 0.3) is 0 Å². The van der Waals surface area contributed by atoms with E-state index in [2.05, 4.69) is 9.89 Å². The molecular formula is C12H19N3S. The highest BCUT2D eigenvalue weighted by Gasteiger charge is 2.37. The molecule has 2 rings (SSSR count). The second kappa shape index (κ2) is 5.09. The lowest BCUT2D eigenvalue weighted by atomic mass is 9.77. The van der Waals surface area contributed by atoms with Crippen LogP contribution in [0.3, 0.4) is 0 Å². The van der Waals surface area contributed by atoms with Crippen LogP contribution in [0.25, 0.3) is 0 Å². The van der Waals surface area contributed by atoms with Crippen molar-refractivity contribution in [1.29, 1.82) is 5.26 Å². The molecule has 4 heteroatoms. The summed E-state index contributed by atoms with van der Waals surface area (Å²) in [7, 11) is 0. The fourth-order valence-corrected chi connectivity index (χ4v) is 3.66. The zero-order valence-electron chi connectivity index (χ0n) is 9.91.